The van der Waals surface area contributed by atoms with Crippen LogP contribution in [0, 0.1) is 13.8 Å². The molecular weight excluding hydrogens is 266 g/mol. The molecule has 0 saturated heterocycles. The summed E-state index contributed by atoms with van der Waals surface area (Å²) >= 11 is 0. The van der Waals surface area contributed by atoms with E-state index in [9.17, 15) is 4.79 Å². The van der Waals surface area contributed by atoms with Gasteiger partial charge in [0.05, 0.1) is 20.1 Å². The number of rotatable bonds is 6. The van der Waals surface area contributed by atoms with Gasteiger partial charge in [-0.25, -0.2) is 0 Å². The van der Waals surface area contributed by atoms with Crippen LogP contribution in [0.2, 0.25) is 0 Å². The van der Waals surface area contributed by atoms with Crippen molar-refractivity contribution in [1.82, 2.24) is 5.32 Å². The van der Waals surface area contributed by atoms with Gasteiger partial charge in [-0.3, -0.25) is 4.79 Å². The fourth-order valence-corrected chi connectivity index (χ4v) is 2.08. The van der Waals surface area contributed by atoms with E-state index < -0.39 is 0 Å². The molecule has 0 atom stereocenters. The molecule has 0 spiro atoms. The van der Waals surface area contributed by atoms with E-state index in [4.69, 9.17) is 4.74 Å². The molecule has 0 aliphatic carbocycles. The van der Waals surface area contributed by atoms with Crippen molar-refractivity contribution in [3.05, 3.63) is 28.8 Å². The first-order chi connectivity index (χ1) is 9.73. The summed E-state index contributed by atoms with van der Waals surface area (Å²) in [5, 5.41) is 3.48. The third-order valence-electron chi connectivity index (χ3n) is 3.12. The standard InChI is InChI=1S/C17H27NO3/c1-12-9-14(11-18-17(3,4)5)10-13(2)16(12)21-8-7-15(19)20-6/h9-10,18H,7-8,11H2,1-6H3. The maximum Gasteiger partial charge on any atom is 0.308 e. The van der Waals surface area contributed by atoms with E-state index in [1.807, 2.05) is 13.8 Å². The molecule has 0 saturated carbocycles. The summed E-state index contributed by atoms with van der Waals surface area (Å²) in [6.45, 7) is 11.7. The Morgan fingerprint density at radius 2 is 1.76 bits per heavy atom. The lowest BCUT2D eigenvalue weighted by Crippen LogP contribution is -2.35. The molecule has 1 aromatic rings. The predicted octanol–water partition coefficient (Wildman–Crippen LogP) is 3.13. The zero-order valence-electron chi connectivity index (χ0n) is 14.0. The molecule has 21 heavy (non-hydrogen) atoms. The first kappa shape index (κ1) is 17.5. The number of hydrogen-bond donors (Lipinski definition) is 1. The van der Waals surface area contributed by atoms with E-state index in [0.29, 0.717) is 6.61 Å². The Labute approximate surface area is 127 Å². The molecule has 0 unspecified atom stereocenters. The van der Waals surface area contributed by atoms with Crippen molar-refractivity contribution in [2.45, 2.75) is 53.1 Å². The maximum atomic E-state index is 11.1. The van der Waals surface area contributed by atoms with Gasteiger partial charge in [0, 0.05) is 12.1 Å². The van der Waals surface area contributed by atoms with Crippen molar-refractivity contribution in [2.24, 2.45) is 0 Å². The highest BCUT2D eigenvalue weighted by atomic mass is 16.5. The molecule has 1 N–H and O–H groups in total. The van der Waals surface area contributed by atoms with Crippen molar-refractivity contribution in [3.8, 4) is 5.75 Å². The fraction of sp³-hybridized carbons (Fsp3) is 0.588. The van der Waals surface area contributed by atoms with Crippen molar-refractivity contribution < 1.29 is 14.3 Å². The number of methoxy groups -OCH3 is 1. The minimum absolute atomic E-state index is 0.0947. The van der Waals surface area contributed by atoms with Crippen molar-refractivity contribution >= 4 is 5.97 Å². The smallest absolute Gasteiger partial charge is 0.308 e. The maximum absolute atomic E-state index is 11.1. The van der Waals surface area contributed by atoms with E-state index >= 15 is 0 Å². The van der Waals surface area contributed by atoms with Gasteiger partial charge >= 0.3 is 5.97 Å². The SMILES string of the molecule is COC(=O)CCOc1c(C)cc(CNC(C)(C)C)cc1C. The number of carbonyl (C=O) groups excluding carboxylic acids is 1. The molecule has 1 rings (SSSR count). The third kappa shape index (κ3) is 6.17. The number of hydrogen-bond acceptors (Lipinski definition) is 4. The third-order valence-corrected chi connectivity index (χ3v) is 3.12. The van der Waals surface area contributed by atoms with Crippen LogP contribution in [0.1, 0.15) is 43.9 Å². The highest BCUT2D eigenvalue weighted by Gasteiger charge is 2.11. The lowest BCUT2D eigenvalue weighted by Gasteiger charge is -2.21. The zero-order chi connectivity index (χ0) is 16.0. The Bertz CT molecular complexity index is 466. The average molecular weight is 293 g/mol. The highest BCUT2D eigenvalue weighted by Crippen LogP contribution is 2.25. The molecule has 4 heteroatoms. The number of benzene rings is 1. The van der Waals surface area contributed by atoms with Gasteiger partial charge < -0.3 is 14.8 Å². The van der Waals surface area contributed by atoms with Crippen LogP contribution in [-0.2, 0) is 16.1 Å². The molecule has 0 aliphatic rings. The summed E-state index contributed by atoms with van der Waals surface area (Å²) < 4.78 is 10.3. The Balaban J connectivity index is 2.69. The lowest BCUT2D eigenvalue weighted by atomic mass is 10.0. The molecule has 1 aromatic carbocycles. The van der Waals surface area contributed by atoms with Gasteiger partial charge in [0.2, 0.25) is 0 Å². The molecule has 0 aliphatic heterocycles. The van der Waals surface area contributed by atoms with E-state index in [1.54, 1.807) is 0 Å². The second-order valence-corrected chi connectivity index (χ2v) is 6.34. The Hall–Kier alpha value is -1.55. The molecule has 118 valence electrons. The number of aryl methyl sites for hydroxylation is 2. The van der Waals surface area contributed by atoms with Crippen LogP contribution in [0.15, 0.2) is 12.1 Å². The van der Waals surface area contributed by atoms with E-state index in [2.05, 4.69) is 43.0 Å². The van der Waals surface area contributed by atoms with Gasteiger partial charge in [0.25, 0.3) is 0 Å². The molecule has 0 fully saturated rings. The molecular formula is C17H27NO3. The fourth-order valence-electron chi connectivity index (χ4n) is 2.08. The largest absolute Gasteiger partial charge is 0.492 e. The quantitative estimate of drug-likeness (QED) is 0.819. The summed E-state index contributed by atoms with van der Waals surface area (Å²) in [5.41, 5.74) is 3.51. The van der Waals surface area contributed by atoms with E-state index in [-0.39, 0.29) is 17.9 Å². The van der Waals surface area contributed by atoms with Crippen molar-refractivity contribution in [1.29, 1.82) is 0 Å². The van der Waals surface area contributed by atoms with Crippen molar-refractivity contribution in [2.75, 3.05) is 13.7 Å². The van der Waals surface area contributed by atoms with Crippen molar-refractivity contribution in [3.63, 3.8) is 0 Å². The van der Waals surface area contributed by atoms with Gasteiger partial charge in [-0.2, -0.15) is 0 Å². The van der Waals surface area contributed by atoms with Crippen LogP contribution in [-0.4, -0.2) is 25.2 Å². The van der Waals surface area contributed by atoms with Crippen LogP contribution in [0.3, 0.4) is 0 Å². The minimum Gasteiger partial charge on any atom is -0.492 e. The Kier molecular flexibility index (Phi) is 6.21. The van der Waals surface area contributed by atoms with E-state index in [1.165, 1.54) is 12.7 Å². The Morgan fingerprint density at radius 1 is 1.19 bits per heavy atom. The first-order valence-electron chi connectivity index (χ1n) is 7.27. The minimum atomic E-state index is -0.253. The lowest BCUT2D eigenvalue weighted by molar-refractivity contribution is -0.141. The van der Waals surface area contributed by atoms with Crippen LogP contribution in [0.5, 0.6) is 5.75 Å². The molecule has 0 bridgehead atoms. The molecule has 0 aromatic heterocycles. The molecule has 0 amide bonds. The van der Waals surface area contributed by atoms with Crippen LogP contribution >= 0.6 is 0 Å². The number of esters is 1. The van der Waals surface area contributed by atoms with Gasteiger partial charge in [-0.1, -0.05) is 12.1 Å². The predicted molar refractivity (Wildman–Crippen MR) is 84.6 cm³/mol. The monoisotopic (exact) mass is 293 g/mol. The summed E-state index contributed by atoms with van der Waals surface area (Å²) in [7, 11) is 1.38. The van der Waals surface area contributed by atoms with Gasteiger partial charge in [0.1, 0.15) is 5.75 Å². The summed E-state index contributed by atoms with van der Waals surface area (Å²) in [6, 6.07) is 4.25. The zero-order valence-corrected chi connectivity index (χ0v) is 14.0. The average Bonchev–Trinajstić information content (AvgIpc) is 2.38. The number of ether oxygens (including phenoxy) is 2. The normalized spacial score (nSPS) is 11.3. The number of nitrogens with one attached hydrogen (secondary N) is 1. The number of carbonyl (C=O) groups is 1. The summed E-state index contributed by atoms with van der Waals surface area (Å²) in [6.07, 6.45) is 0.267. The topological polar surface area (TPSA) is 47.6 Å². The molecule has 0 heterocycles. The first-order valence-corrected chi connectivity index (χ1v) is 7.27. The summed E-state index contributed by atoms with van der Waals surface area (Å²) in [5.74, 6) is 0.606. The molecule has 4 nitrogen and oxygen atoms in total. The second kappa shape index (κ2) is 7.46. The summed E-state index contributed by atoms with van der Waals surface area (Å²) in [4.78, 5) is 11.1. The second-order valence-electron chi connectivity index (χ2n) is 6.34. The van der Waals surface area contributed by atoms with E-state index in [0.717, 1.165) is 23.4 Å². The Morgan fingerprint density at radius 3 is 2.24 bits per heavy atom. The van der Waals surface area contributed by atoms with Crippen LogP contribution < -0.4 is 10.1 Å². The molecule has 0 radical (unpaired) electrons. The van der Waals surface area contributed by atoms with Gasteiger partial charge in [-0.05, 0) is 51.3 Å². The van der Waals surface area contributed by atoms with Crippen LogP contribution in [0.4, 0.5) is 0 Å². The van der Waals surface area contributed by atoms with Gasteiger partial charge in [0.15, 0.2) is 0 Å². The van der Waals surface area contributed by atoms with Crippen LogP contribution in [0.25, 0.3) is 0 Å². The highest BCUT2D eigenvalue weighted by molar-refractivity contribution is 5.69. The van der Waals surface area contributed by atoms with Gasteiger partial charge in [-0.15, -0.1) is 0 Å².